The predicted molar refractivity (Wildman–Crippen MR) is 81.3 cm³/mol. The molecular weight excluding hydrogens is 238 g/mol. The van der Waals surface area contributed by atoms with Gasteiger partial charge in [0.15, 0.2) is 0 Å². The molecule has 0 aromatic carbocycles. The van der Waals surface area contributed by atoms with Gasteiger partial charge in [0.05, 0.1) is 0 Å². The second kappa shape index (κ2) is 6.21. The fourth-order valence-corrected chi connectivity index (χ4v) is 4.46. The minimum Gasteiger partial charge on any atom is -0.311 e. The van der Waals surface area contributed by atoms with Crippen molar-refractivity contribution >= 4 is 11.3 Å². The second-order valence-electron chi connectivity index (χ2n) is 6.40. The van der Waals surface area contributed by atoms with E-state index in [-0.39, 0.29) is 0 Å². The lowest BCUT2D eigenvalue weighted by Crippen LogP contribution is -2.42. The predicted octanol–water partition coefficient (Wildman–Crippen LogP) is 4.40. The van der Waals surface area contributed by atoms with E-state index < -0.39 is 0 Å². The average Bonchev–Trinajstić information content (AvgIpc) is 2.61. The fourth-order valence-electron chi connectivity index (χ4n) is 3.44. The summed E-state index contributed by atoms with van der Waals surface area (Å²) in [6.07, 6.45) is 5.31. The van der Waals surface area contributed by atoms with Crippen molar-refractivity contribution in [3.63, 3.8) is 0 Å². The highest BCUT2D eigenvalue weighted by Crippen LogP contribution is 2.29. The first-order valence-electron chi connectivity index (χ1n) is 7.34. The number of hydrogen-bond donors (Lipinski definition) is 1. The Morgan fingerprint density at radius 1 is 1.22 bits per heavy atom. The normalized spacial score (nSPS) is 30.3. The summed E-state index contributed by atoms with van der Waals surface area (Å²) >= 11 is 1.94. The molecule has 0 spiro atoms. The van der Waals surface area contributed by atoms with Crippen LogP contribution in [0.5, 0.6) is 0 Å². The molecule has 3 atom stereocenters. The van der Waals surface area contributed by atoms with E-state index in [9.17, 15) is 0 Å². The molecule has 0 saturated heterocycles. The van der Waals surface area contributed by atoms with E-state index in [1.165, 1.54) is 35.4 Å². The molecule has 18 heavy (non-hydrogen) atoms. The van der Waals surface area contributed by atoms with E-state index in [1.807, 2.05) is 11.3 Å². The lowest BCUT2D eigenvalue weighted by molar-refractivity contribution is 0.228. The molecule has 2 rings (SSSR count). The molecule has 1 N–H and O–H groups in total. The van der Waals surface area contributed by atoms with Crippen LogP contribution in [0, 0.1) is 18.8 Å². The maximum atomic E-state index is 3.84. The molecule has 0 bridgehead atoms. The van der Waals surface area contributed by atoms with Crippen LogP contribution in [0.2, 0.25) is 0 Å². The van der Waals surface area contributed by atoms with Crippen LogP contribution in [0.25, 0.3) is 0 Å². The topological polar surface area (TPSA) is 12.0 Å². The van der Waals surface area contributed by atoms with Crippen LogP contribution >= 0.6 is 11.3 Å². The van der Waals surface area contributed by atoms with Crippen LogP contribution in [0.15, 0.2) is 12.1 Å². The van der Waals surface area contributed by atoms with Gasteiger partial charge in [-0.3, -0.25) is 0 Å². The lowest BCUT2D eigenvalue weighted by atomic mass is 9.80. The summed E-state index contributed by atoms with van der Waals surface area (Å²) in [4.78, 5) is 2.95. The molecule has 2 heteroatoms. The van der Waals surface area contributed by atoms with Gasteiger partial charge < -0.3 is 5.32 Å². The zero-order valence-corrected chi connectivity index (χ0v) is 13.0. The zero-order valence-electron chi connectivity index (χ0n) is 12.2. The highest BCUT2D eigenvalue weighted by atomic mass is 32.1. The van der Waals surface area contributed by atoms with Crippen molar-refractivity contribution in [1.82, 2.24) is 5.32 Å². The minimum absolute atomic E-state index is 0.602. The Morgan fingerprint density at radius 3 is 2.44 bits per heavy atom. The SMILES string of the molecule is Cc1ccc(CC(C)NC2CC(C)CC(C)C2)s1. The van der Waals surface area contributed by atoms with Gasteiger partial charge in [-0.25, -0.2) is 0 Å². The van der Waals surface area contributed by atoms with Gasteiger partial charge in [-0.15, -0.1) is 11.3 Å². The van der Waals surface area contributed by atoms with Crippen LogP contribution in [-0.2, 0) is 6.42 Å². The summed E-state index contributed by atoms with van der Waals surface area (Å²) in [5, 5.41) is 3.84. The van der Waals surface area contributed by atoms with E-state index in [0.717, 1.165) is 17.9 Å². The smallest absolute Gasteiger partial charge is 0.00896 e. The van der Waals surface area contributed by atoms with Gasteiger partial charge in [0, 0.05) is 21.8 Å². The first-order valence-corrected chi connectivity index (χ1v) is 8.16. The molecule has 102 valence electrons. The number of nitrogens with one attached hydrogen (secondary N) is 1. The average molecular weight is 265 g/mol. The van der Waals surface area contributed by atoms with Crippen molar-refractivity contribution in [1.29, 1.82) is 0 Å². The number of hydrogen-bond acceptors (Lipinski definition) is 2. The van der Waals surface area contributed by atoms with Gasteiger partial charge in [0.25, 0.3) is 0 Å². The van der Waals surface area contributed by atoms with E-state index in [2.05, 4.69) is 45.1 Å². The van der Waals surface area contributed by atoms with Crippen LogP contribution in [-0.4, -0.2) is 12.1 Å². The van der Waals surface area contributed by atoms with Crippen LogP contribution in [0.3, 0.4) is 0 Å². The van der Waals surface area contributed by atoms with Crippen molar-refractivity contribution in [2.75, 3.05) is 0 Å². The van der Waals surface area contributed by atoms with Gasteiger partial charge >= 0.3 is 0 Å². The van der Waals surface area contributed by atoms with Crippen molar-refractivity contribution < 1.29 is 0 Å². The molecule has 3 unspecified atom stereocenters. The Morgan fingerprint density at radius 2 is 1.89 bits per heavy atom. The largest absolute Gasteiger partial charge is 0.311 e. The summed E-state index contributed by atoms with van der Waals surface area (Å²) in [5.74, 6) is 1.78. The van der Waals surface area contributed by atoms with Gasteiger partial charge in [0.1, 0.15) is 0 Å². The molecule has 0 radical (unpaired) electrons. The first-order chi connectivity index (χ1) is 8.52. The van der Waals surface area contributed by atoms with Crippen LogP contribution in [0.1, 0.15) is 49.8 Å². The zero-order chi connectivity index (χ0) is 13.1. The van der Waals surface area contributed by atoms with Crippen molar-refractivity contribution in [2.45, 2.75) is 65.5 Å². The Bertz CT molecular complexity index is 361. The third kappa shape index (κ3) is 4.10. The summed E-state index contributed by atoms with van der Waals surface area (Å²) < 4.78 is 0. The molecule has 1 aliphatic rings. The summed E-state index contributed by atoms with van der Waals surface area (Å²) in [6, 6.07) is 5.85. The molecule has 1 heterocycles. The summed E-state index contributed by atoms with van der Waals surface area (Å²) in [7, 11) is 0. The lowest BCUT2D eigenvalue weighted by Gasteiger charge is -2.34. The van der Waals surface area contributed by atoms with Crippen molar-refractivity contribution in [3.05, 3.63) is 21.9 Å². The molecule has 0 amide bonds. The van der Waals surface area contributed by atoms with Crippen molar-refractivity contribution in [3.8, 4) is 0 Å². The van der Waals surface area contributed by atoms with E-state index in [4.69, 9.17) is 0 Å². The van der Waals surface area contributed by atoms with E-state index in [1.54, 1.807) is 0 Å². The molecular formula is C16H27NS. The third-order valence-corrected chi connectivity index (χ3v) is 5.03. The quantitative estimate of drug-likeness (QED) is 0.850. The molecule has 1 saturated carbocycles. The highest BCUT2D eigenvalue weighted by molar-refractivity contribution is 7.11. The van der Waals surface area contributed by atoms with Crippen molar-refractivity contribution in [2.24, 2.45) is 11.8 Å². The molecule has 0 aliphatic heterocycles. The number of thiophene rings is 1. The molecule has 1 nitrogen and oxygen atoms in total. The Labute approximate surface area is 116 Å². The summed E-state index contributed by atoms with van der Waals surface area (Å²) in [6.45, 7) is 9.32. The van der Waals surface area contributed by atoms with Gasteiger partial charge in [-0.2, -0.15) is 0 Å². The van der Waals surface area contributed by atoms with E-state index >= 15 is 0 Å². The van der Waals surface area contributed by atoms with Gasteiger partial charge in [-0.05, 0) is 63.5 Å². The van der Waals surface area contributed by atoms with Gasteiger partial charge in [-0.1, -0.05) is 13.8 Å². The van der Waals surface area contributed by atoms with E-state index in [0.29, 0.717) is 6.04 Å². The monoisotopic (exact) mass is 265 g/mol. The third-order valence-electron chi connectivity index (χ3n) is 4.00. The fraction of sp³-hybridized carbons (Fsp3) is 0.750. The van der Waals surface area contributed by atoms with Crippen LogP contribution in [0.4, 0.5) is 0 Å². The number of aryl methyl sites for hydroxylation is 1. The van der Waals surface area contributed by atoms with Crippen LogP contribution < -0.4 is 5.32 Å². The molecule has 1 aromatic heterocycles. The Kier molecular flexibility index (Phi) is 4.85. The molecule has 1 aromatic rings. The Balaban J connectivity index is 1.81. The minimum atomic E-state index is 0.602. The first kappa shape index (κ1) is 14.1. The summed E-state index contributed by atoms with van der Waals surface area (Å²) in [5.41, 5.74) is 0. The van der Waals surface area contributed by atoms with Gasteiger partial charge in [0.2, 0.25) is 0 Å². The highest BCUT2D eigenvalue weighted by Gasteiger charge is 2.24. The Hall–Kier alpha value is -0.340. The molecule has 1 aliphatic carbocycles. The number of rotatable bonds is 4. The molecule has 1 fully saturated rings. The maximum absolute atomic E-state index is 3.84. The second-order valence-corrected chi connectivity index (χ2v) is 7.77. The standard InChI is InChI=1S/C16H27NS/c1-11-7-12(2)9-15(8-11)17-13(3)10-16-6-5-14(4)18-16/h5-6,11-13,15,17H,7-10H2,1-4H3. The maximum Gasteiger partial charge on any atom is 0.00896 e.